The number of aliphatic carboxylic acids is 1. The third kappa shape index (κ3) is 4.06. The Labute approximate surface area is 129 Å². The van der Waals surface area contributed by atoms with Crippen molar-refractivity contribution >= 4 is 17.6 Å². The van der Waals surface area contributed by atoms with E-state index in [1.807, 2.05) is 6.92 Å². The molecule has 0 aromatic heterocycles. The molecule has 1 fully saturated rings. The van der Waals surface area contributed by atoms with Crippen LogP contribution < -0.4 is 5.32 Å². The van der Waals surface area contributed by atoms with Gasteiger partial charge in [-0.2, -0.15) is 0 Å². The molecule has 1 amide bonds. The Hall–Kier alpha value is -1.91. The molecule has 0 bridgehead atoms. The molecule has 1 aliphatic rings. The SMILES string of the molecule is CC1(C(=O)Nc2ccc(CC(=O)O)c(F)c2)CCCCCC1. The maximum absolute atomic E-state index is 13.8. The highest BCUT2D eigenvalue weighted by atomic mass is 19.1. The van der Waals surface area contributed by atoms with Gasteiger partial charge in [0.15, 0.2) is 0 Å². The van der Waals surface area contributed by atoms with Crippen LogP contribution in [0.5, 0.6) is 0 Å². The molecule has 120 valence electrons. The van der Waals surface area contributed by atoms with Crippen LogP contribution in [0.3, 0.4) is 0 Å². The second kappa shape index (κ2) is 6.90. The molecular formula is C17H22FNO3. The number of halogens is 1. The van der Waals surface area contributed by atoms with Gasteiger partial charge in [-0.15, -0.1) is 0 Å². The van der Waals surface area contributed by atoms with Gasteiger partial charge in [-0.3, -0.25) is 9.59 Å². The number of amides is 1. The predicted octanol–water partition coefficient (Wildman–Crippen LogP) is 3.75. The minimum Gasteiger partial charge on any atom is -0.481 e. The maximum atomic E-state index is 13.8. The monoisotopic (exact) mass is 307 g/mol. The van der Waals surface area contributed by atoms with Crippen LogP contribution in [0, 0.1) is 11.2 Å². The van der Waals surface area contributed by atoms with Gasteiger partial charge in [0.1, 0.15) is 5.82 Å². The lowest BCUT2D eigenvalue weighted by Crippen LogP contribution is -2.33. The van der Waals surface area contributed by atoms with Crippen molar-refractivity contribution in [1.82, 2.24) is 0 Å². The largest absolute Gasteiger partial charge is 0.481 e. The van der Waals surface area contributed by atoms with Gasteiger partial charge >= 0.3 is 5.97 Å². The summed E-state index contributed by atoms with van der Waals surface area (Å²) in [6.07, 6.45) is 5.71. The van der Waals surface area contributed by atoms with Crippen LogP contribution >= 0.6 is 0 Å². The molecule has 4 nitrogen and oxygen atoms in total. The summed E-state index contributed by atoms with van der Waals surface area (Å²) in [4.78, 5) is 23.1. The fourth-order valence-corrected chi connectivity index (χ4v) is 2.95. The molecule has 0 spiro atoms. The first-order chi connectivity index (χ1) is 10.4. The molecular weight excluding hydrogens is 285 g/mol. The Balaban J connectivity index is 2.08. The molecule has 0 radical (unpaired) electrons. The molecule has 1 saturated carbocycles. The minimum absolute atomic E-state index is 0.0835. The van der Waals surface area contributed by atoms with Crippen LogP contribution in [0.15, 0.2) is 18.2 Å². The topological polar surface area (TPSA) is 66.4 Å². The van der Waals surface area contributed by atoms with Crippen LogP contribution in [-0.4, -0.2) is 17.0 Å². The van der Waals surface area contributed by atoms with E-state index in [2.05, 4.69) is 5.32 Å². The second-order valence-corrected chi connectivity index (χ2v) is 6.31. The number of carboxylic acid groups (broad SMARTS) is 1. The van der Waals surface area contributed by atoms with Crippen LogP contribution in [0.25, 0.3) is 0 Å². The van der Waals surface area contributed by atoms with Crippen molar-refractivity contribution in [2.45, 2.75) is 51.9 Å². The van der Waals surface area contributed by atoms with E-state index in [-0.39, 0.29) is 17.9 Å². The van der Waals surface area contributed by atoms with Crippen molar-refractivity contribution in [3.8, 4) is 0 Å². The smallest absolute Gasteiger partial charge is 0.307 e. The first-order valence-electron chi connectivity index (χ1n) is 7.72. The number of carbonyl (C=O) groups excluding carboxylic acids is 1. The van der Waals surface area contributed by atoms with Crippen LogP contribution in [-0.2, 0) is 16.0 Å². The summed E-state index contributed by atoms with van der Waals surface area (Å²) in [6, 6.07) is 4.16. The van der Waals surface area contributed by atoms with E-state index in [9.17, 15) is 14.0 Å². The Morgan fingerprint density at radius 1 is 1.23 bits per heavy atom. The molecule has 2 rings (SSSR count). The Morgan fingerprint density at radius 3 is 2.41 bits per heavy atom. The number of hydrogen-bond acceptors (Lipinski definition) is 2. The lowest BCUT2D eigenvalue weighted by atomic mass is 9.81. The van der Waals surface area contributed by atoms with Gasteiger partial charge in [-0.05, 0) is 30.5 Å². The van der Waals surface area contributed by atoms with Gasteiger partial charge < -0.3 is 10.4 Å². The lowest BCUT2D eigenvalue weighted by Gasteiger charge is -2.26. The van der Waals surface area contributed by atoms with E-state index in [1.54, 1.807) is 6.07 Å². The molecule has 0 aliphatic heterocycles. The molecule has 0 heterocycles. The molecule has 1 aliphatic carbocycles. The maximum Gasteiger partial charge on any atom is 0.307 e. The number of benzene rings is 1. The molecule has 0 atom stereocenters. The van der Waals surface area contributed by atoms with Gasteiger partial charge in [0.25, 0.3) is 0 Å². The van der Waals surface area contributed by atoms with Gasteiger partial charge in [0, 0.05) is 11.1 Å². The van der Waals surface area contributed by atoms with E-state index in [1.165, 1.54) is 12.1 Å². The van der Waals surface area contributed by atoms with Gasteiger partial charge in [-0.25, -0.2) is 4.39 Å². The number of hydrogen-bond donors (Lipinski definition) is 2. The first kappa shape index (κ1) is 16.5. The van der Waals surface area contributed by atoms with Crippen molar-refractivity contribution in [2.75, 3.05) is 5.32 Å². The molecule has 2 N–H and O–H groups in total. The summed E-state index contributed by atoms with van der Waals surface area (Å²) < 4.78 is 13.8. The fourth-order valence-electron chi connectivity index (χ4n) is 2.95. The lowest BCUT2D eigenvalue weighted by molar-refractivity contribution is -0.136. The highest BCUT2D eigenvalue weighted by Crippen LogP contribution is 2.35. The van der Waals surface area contributed by atoms with Crippen molar-refractivity contribution in [2.24, 2.45) is 5.41 Å². The molecule has 5 heteroatoms. The molecule has 22 heavy (non-hydrogen) atoms. The van der Waals surface area contributed by atoms with Crippen molar-refractivity contribution in [3.05, 3.63) is 29.6 Å². The Kier molecular flexibility index (Phi) is 5.16. The quantitative estimate of drug-likeness (QED) is 0.832. The minimum atomic E-state index is -1.08. The third-order valence-electron chi connectivity index (χ3n) is 4.41. The number of carboxylic acids is 1. The number of nitrogens with one attached hydrogen (secondary N) is 1. The average molecular weight is 307 g/mol. The normalized spacial score (nSPS) is 17.5. The third-order valence-corrected chi connectivity index (χ3v) is 4.41. The Morgan fingerprint density at radius 2 is 1.86 bits per heavy atom. The summed E-state index contributed by atoms with van der Waals surface area (Å²) in [7, 11) is 0. The fraction of sp³-hybridized carbons (Fsp3) is 0.529. The zero-order valence-electron chi connectivity index (χ0n) is 12.8. The van der Waals surface area contributed by atoms with Crippen molar-refractivity contribution in [1.29, 1.82) is 0 Å². The zero-order chi connectivity index (χ0) is 16.2. The highest BCUT2D eigenvalue weighted by Gasteiger charge is 2.33. The summed E-state index contributed by atoms with van der Waals surface area (Å²) in [5, 5.41) is 11.5. The second-order valence-electron chi connectivity index (χ2n) is 6.31. The summed E-state index contributed by atoms with van der Waals surface area (Å²) >= 11 is 0. The van der Waals surface area contributed by atoms with Crippen molar-refractivity contribution in [3.63, 3.8) is 0 Å². The summed E-state index contributed by atoms with van der Waals surface area (Å²) in [6.45, 7) is 1.96. The van der Waals surface area contributed by atoms with Crippen LogP contribution in [0.2, 0.25) is 0 Å². The highest BCUT2D eigenvalue weighted by molar-refractivity contribution is 5.95. The molecule has 1 aromatic rings. The van der Waals surface area contributed by atoms with Crippen LogP contribution in [0.1, 0.15) is 51.0 Å². The number of rotatable bonds is 4. The standard InChI is InChI=1S/C17H22FNO3/c1-17(8-4-2-3-5-9-17)16(22)19-13-7-6-12(10-15(20)21)14(18)11-13/h6-7,11H,2-5,8-10H2,1H3,(H,19,22)(H,20,21). The van der Waals surface area contributed by atoms with E-state index in [0.29, 0.717) is 5.69 Å². The average Bonchev–Trinajstić information content (AvgIpc) is 2.67. The van der Waals surface area contributed by atoms with Gasteiger partial charge in [-0.1, -0.05) is 38.7 Å². The summed E-state index contributed by atoms with van der Waals surface area (Å²) in [5.74, 6) is -1.77. The first-order valence-corrected chi connectivity index (χ1v) is 7.72. The van der Waals surface area contributed by atoms with Crippen LogP contribution in [0.4, 0.5) is 10.1 Å². The van der Waals surface area contributed by atoms with Crippen molar-refractivity contribution < 1.29 is 19.1 Å². The molecule has 0 unspecified atom stereocenters. The molecule has 0 saturated heterocycles. The summed E-state index contributed by atoms with van der Waals surface area (Å²) in [5.41, 5.74) is 0.0838. The number of anilines is 1. The zero-order valence-corrected chi connectivity index (χ0v) is 12.8. The number of carbonyl (C=O) groups is 2. The molecule has 1 aromatic carbocycles. The predicted molar refractivity (Wildman–Crippen MR) is 82.2 cm³/mol. The van der Waals surface area contributed by atoms with Gasteiger partial charge in [0.05, 0.1) is 6.42 Å². The van der Waals surface area contributed by atoms with E-state index >= 15 is 0 Å². The van der Waals surface area contributed by atoms with E-state index in [4.69, 9.17) is 5.11 Å². The van der Waals surface area contributed by atoms with Gasteiger partial charge in [0.2, 0.25) is 5.91 Å². The Bertz CT molecular complexity index is 563. The van der Waals surface area contributed by atoms with E-state index < -0.39 is 17.2 Å². The van der Waals surface area contributed by atoms with E-state index in [0.717, 1.165) is 38.5 Å².